The van der Waals surface area contributed by atoms with Gasteiger partial charge in [-0.15, -0.1) is 21.5 Å². The number of nitrogens with zero attached hydrogens (tertiary/aromatic N) is 5. The molecule has 2 N–H and O–H groups in total. The van der Waals surface area contributed by atoms with Gasteiger partial charge in [-0.2, -0.15) is 5.26 Å². The molecule has 2 aromatic carbocycles. The Labute approximate surface area is 229 Å². The number of aryl methyl sites for hydroxylation is 2. The number of aliphatic imine (C=N–C) groups is 1. The minimum Gasteiger partial charge on any atom is -0.481 e. The van der Waals surface area contributed by atoms with Crippen LogP contribution in [0.3, 0.4) is 0 Å². The van der Waals surface area contributed by atoms with Crippen LogP contribution in [0.25, 0.3) is 16.1 Å². The number of aromatic nitrogens is 3. The smallest absolute Gasteiger partial charge is 0.306 e. The Kier molecular flexibility index (Phi) is 6.57. The number of nitrogens with one attached hydrogen (secondary N) is 1. The Hall–Kier alpha value is -4.34. The number of anilines is 1. The average Bonchev–Trinajstić information content (AvgIpc) is 3.35. The zero-order valence-electron chi connectivity index (χ0n) is 21.6. The number of hydrogen-bond donors (Lipinski definition) is 2. The number of rotatable bonds is 6. The van der Waals surface area contributed by atoms with E-state index in [0.717, 1.165) is 44.0 Å². The highest BCUT2D eigenvalue weighted by Crippen LogP contribution is 2.39. The molecule has 12 heteroatoms. The van der Waals surface area contributed by atoms with Crippen molar-refractivity contribution in [3.63, 3.8) is 0 Å². The van der Waals surface area contributed by atoms with Crippen molar-refractivity contribution < 1.29 is 18.3 Å². The zero-order chi connectivity index (χ0) is 28.1. The summed E-state index contributed by atoms with van der Waals surface area (Å²) in [6.07, 6.45) is 0.808. The first-order valence-corrected chi connectivity index (χ1v) is 14.6. The number of sulfonamides is 1. The molecule has 0 aliphatic carbocycles. The van der Waals surface area contributed by atoms with Gasteiger partial charge in [-0.3, -0.25) is 19.1 Å². The highest BCUT2D eigenvalue weighted by Gasteiger charge is 2.32. The highest BCUT2D eigenvalue weighted by molar-refractivity contribution is 7.92. The summed E-state index contributed by atoms with van der Waals surface area (Å²) in [5.74, 6) is 0.179. The Morgan fingerprint density at radius 2 is 1.77 bits per heavy atom. The van der Waals surface area contributed by atoms with E-state index in [2.05, 4.69) is 14.9 Å². The number of nitriles is 1. The van der Waals surface area contributed by atoms with Gasteiger partial charge in [0, 0.05) is 16.0 Å². The number of hydrogen-bond acceptors (Lipinski definition) is 8. The van der Waals surface area contributed by atoms with Crippen LogP contribution in [0.2, 0.25) is 0 Å². The maximum absolute atomic E-state index is 11.7. The van der Waals surface area contributed by atoms with Gasteiger partial charge in [0.15, 0.2) is 5.82 Å². The first-order chi connectivity index (χ1) is 18.5. The van der Waals surface area contributed by atoms with Crippen LogP contribution < -0.4 is 4.72 Å². The number of aliphatic carboxylic acids is 1. The first-order valence-electron chi connectivity index (χ1n) is 11.9. The molecule has 39 heavy (non-hydrogen) atoms. The minimum atomic E-state index is -3.53. The molecule has 4 aromatic rings. The molecule has 1 atom stereocenters. The Morgan fingerprint density at radius 3 is 2.41 bits per heavy atom. The van der Waals surface area contributed by atoms with Crippen LogP contribution in [0.4, 0.5) is 5.69 Å². The quantitative estimate of drug-likeness (QED) is 0.352. The summed E-state index contributed by atoms with van der Waals surface area (Å²) in [6.45, 7) is 5.91. The van der Waals surface area contributed by atoms with E-state index in [4.69, 9.17) is 4.99 Å². The fourth-order valence-electron chi connectivity index (χ4n) is 4.62. The predicted octanol–water partition coefficient (Wildman–Crippen LogP) is 4.53. The summed E-state index contributed by atoms with van der Waals surface area (Å²) in [4.78, 5) is 17.8. The summed E-state index contributed by atoms with van der Waals surface area (Å²) in [7, 11) is -3.53. The second kappa shape index (κ2) is 9.76. The molecule has 0 bridgehead atoms. The van der Waals surface area contributed by atoms with Crippen LogP contribution in [0, 0.1) is 32.1 Å². The number of fused-ring (bicyclic) bond motifs is 3. The lowest BCUT2D eigenvalue weighted by atomic mass is 9.96. The van der Waals surface area contributed by atoms with Crippen molar-refractivity contribution in [2.24, 2.45) is 4.99 Å². The Balaban J connectivity index is 1.60. The molecule has 0 unspecified atom stereocenters. The highest BCUT2D eigenvalue weighted by atomic mass is 32.2. The van der Waals surface area contributed by atoms with Gasteiger partial charge in [-0.1, -0.05) is 30.3 Å². The fourth-order valence-corrected chi connectivity index (χ4v) is 6.41. The van der Waals surface area contributed by atoms with Crippen molar-refractivity contribution in [2.45, 2.75) is 33.2 Å². The van der Waals surface area contributed by atoms with Crippen LogP contribution in [-0.4, -0.2) is 46.2 Å². The minimum absolute atomic E-state index is 0.207. The van der Waals surface area contributed by atoms with Gasteiger partial charge < -0.3 is 5.11 Å². The van der Waals surface area contributed by atoms with Crippen molar-refractivity contribution in [3.8, 4) is 22.2 Å². The van der Waals surface area contributed by atoms with Crippen LogP contribution in [0.5, 0.6) is 0 Å². The summed E-state index contributed by atoms with van der Waals surface area (Å²) >= 11 is 1.60. The van der Waals surface area contributed by atoms with Gasteiger partial charge in [-0.05, 0) is 49.6 Å². The third-order valence-corrected chi connectivity index (χ3v) is 8.32. The predicted molar refractivity (Wildman–Crippen MR) is 149 cm³/mol. The number of carbonyl (C=O) groups is 1. The van der Waals surface area contributed by atoms with E-state index in [9.17, 15) is 23.6 Å². The van der Waals surface area contributed by atoms with E-state index in [1.54, 1.807) is 29.5 Å². The molecule has 0 spiro atoms. The second-order valence-corrected chi connectivity index (χ2v) is 12.3. The standard InChI is InChI=1S/C27H24N6O4S2/c1-14-15(2)38-27-24(14)25(29-22(12-23(34)35)26-31-30-16(3)33(26)27)18-7-5-17(6-8-18)19-9-10-21(20(11-19)13-28)32-39(4,36)37/h5-11,22,32H,12H2,1-4H3,(H,34,35)/t22-/m0/s1. The molecule has 1 aliphatic rings. The van der Waals surface area contributed by atoms with Crippen LogP contribution in [0.15, 0.2) is 47.5 Å². The van der Waals surface area contributed by atoms with Gasteiger partial charge in [0.05, 0.1) is 29.6 Å². The van der Waals surface area contributed by atoms with Gasteiger partial charge in [0.1, 0.15) is 22.9 Å². The topological polar surface area (TPSA) is 150 Å². The average molecular weight is 561 g/mol. The van der Waals surface area contributed by atoms with E-state index in [0.29, 0.717) is 17.4 Å². The largest absolute Gasteiger partial charge is 0.481 e. The van der Waals surface area contributed by atoms with Crippen molar-refractivity contribution in [2.75, 3.05) is 11.0 Å². The number of thiophene rings is 1. The van der Waals surface area contributed by atoms with E-state index in [1.807, 2.05) is 55.7 Å². The summed E-state index contributed by atoms with van der Waals surface area (Å²) in [5.41, 5.74) is 5.46. The zero-order valence-corrected chi connectivity index (χ0v) is 23.2. The maximum Gasteiger partial charge on any atom is 0.306 e. The van der Waals surface area contributed by atoms with Gasteiger partial charge in [0.25, 0.3) is 0 Å². The third-order valence-electron chi connectivity index (χ3n) is 6.53. The van der Waals surface area contributed by atoms with Crippen LogP contribution >= 0.6 is 11.3 Å². The van der Waals surface area contributed by atoms with Crippen LogP contribution in [0.1, 0.15) is 51.2 Å². The molecule has 0 saturated carbocycles. The molecule has 3 heterocycles. The normalized spacial score (nSPS) is 14.5. The molecule has 0 fully saturated rings. The van der Waals surface area contributed by atoms with E-state index < -0.39 is 22.0 Å². The monoisotopic (exact) mass is 560 g/mol. The second-order valence-electron chi connectivity index (χ2n) is 9.32. The maximum atomic E-state index is 11.7. The SMILES string of the molecule is Cc1sc2c(c1C)C(c1ccc(-c3ccc(NS(C)(=O)=O)c(C#N)c3)cc1)=N[C@@H](CC(=O)O)c1nnc(C)n1-2. The van der Waals surface area contributed by atoms with E-state index in [1.165, 1.54) is 0 Å². The molecule has 0 saturated heterocycles. The molecule has 0 amide bonds. The molecular weight excluding hydrogens is 536 g/mol. The van der Waals surface area contributed by atoms with E-state index in [-0.39, 0.29) is 17.7 Å². The Morgan fingerprint density at radius 1 is 1.10 bits per heavy atom. The molecular formula is C27H24N6O4S2. The molecule has 2 aromatic heterocycles. The lowest BCUT2D eigenvalue weighted by Crippen LogP contribution is -2.10. The number of benzene rings is 2. The van der Waals surface area contributed by atoms with Crippen molar-refractivity contribution in [1.29, 1.82) is 5.26 Å². The van der Waals surface area contributed by atoms with E-state index >= 15 is 0 Å². The molecule has 198 valence electrons. The molecule has 5 rings (SSSR count). The molecule has 0 radical (unpaired) electrons. The molecule has 1 aliphatic heterocycles. The lowest BCUT2D eigenvalue weighted by molar-refractivity contribution is -0.137. The van der Waals surface area contributed by atoms with Crippen LogP contribution in [-0.2, 0) is 14.8 Å². The lowest BCUT2D eigenvalue weighted by Gasteiger charge is -2.12. The fraction of sp³-hybridized carbons (Fsp3) is 0.222. The molecule has 10 nitrogen and oxygen atoms in total. The van der Waals surface area contributed by atoms with Crippen molar-refractivity contribution in [1.82, 2.24) is 14.8 Å². The summed E-state index contributed by atoms with van der Waals surface area (Å²) in [5, 5.41) is 28.6. The summed E-state index contributed by atoms with van der Waals surface area (Å²) in [6, 6.07) is 13.9. The Bertz CT molecular complexity index is 1810. The van der Waals surface area contributed by atoms with Crippen molar-refractivity contribution >= 4 is 38.7 Å². The van der Waals surface area contributed by atoms with Gasteiger partial charge in [0.2, 0.25) is 10.0 Å². The van der Waals surface area contributed by atoms with Crippen molar-refractivity contribution in [3.05, 3.63) is 81.2 Å². The number of carboxylic acid groups (broad SMARTS) is 1. The van der Waals surface area contributed by atoms with Gasteiger partial charge in [-0.25, -0.2) is 8.42 Å². The van der Waals surface area contributed by atoms with Gasteiger partial charge >= 0.3 is 5.97 Å². The summed E-state index contributed by atoms with van der Waals surface area (Å²) < 4.78 is 27.5. The third kappa shape index (κ3) is 4.94. The number of carboxylic acids is 1. The first kappa shape index (κ1) is 26.3.